The minimum absolute atomic E-state index is 0.112. The second kappa shape index (κ2) is 8.43. The number of nitrogens with one attached hydrogen (secondary N) is 1. The fourth-order valence-corrected chi connectivity index (χ4v) is 4.70. The number of nitrogens with zero attached hydrogens (tertiary/aromatic N) is 2. The molecule has 1 aromatic rings. The van der Waals surface area contributed by atoms with E-state index < -0.39 is 0 Å². The number of methoxy groups -OCH3 is 2. The molecular weight excluding hydrogens is 354 g/mol. The number of allylic oxidation sites excluding steroid dienone is 1. The van der Waals surface area contributed by atoms with Gasteiger partial charge in [0.25, 0.3) is 0 Å². The molecule has 6 heteroatoms. The van der Waals surface area contributed by atoms with Crippen LogP contribution >= 0.6 is 0 Å². The number of benzene rings is 1. The zero-order valence-electron chi connectivity index (χ0n) is 17.7. The lowest BCUT2D eigenvalue weighted by atomic mass is 9.82. The maximum Gasteiger partial charge on any atom is 0.325 e. The van der Waals surface area contributed by atoms with E-state index >= 15 is 0 Å². The van der Waals surface area contributed by atoms with Gasteiger partial charge in [-0.15, -0.1) is 0 Å². The van der Waals surface area contributed by atoms with Crippen LogP contribution < -0.4 is 14.8 Å². The average Bonchev–Trinajstić information content (AvgIpc) is 2.93. The van der Waals surface area contributed by atoms with E-state index in [1.165, 1.54) is 0 Å². The second-order valence-corrected chi connectivity index (χ2v) is 7.50. The van der Waals surface area contributed by atoms with Crippen LogP contribution in [0.3, 0.4) is 0 Å². The summed E-state index contributed by atoms with van der Waals surface area (Å²) >= 11 is 0. The number of amides is 2. The number of rotatable bonds is 6. The lowest BCUT2D eigenvalue weighted by Gasteiger charge is -2.41. The Morgan fingerprint density at radius 2 is 1.89 bits per heavy atom. The number of ether oxygens (including phenoxy) is 2. The predicted octanol–water partition coefficient (Wildman–Crippen LogP) is 3.59. The molecule has 0 saturated carbocycles. The summed E-state index contributed by atoms with van der Waals surface area (Å²) < 4.78 is 10.9. The zero-order chi connectivity index (χ0) is 20.3. The number of hydrogen-bond donors (Lipinski definition) is 1. The molecule has 1 N–H and O–H groups in total. The Morgan fingerprint density at radius 3 is 2.46 bits per heavy atom. The monoisotopic (exact) mass is 387 g/mol. The third-order valence-electron chi connectivity index (χ3n) is 6.15. The topological polar surface area (TPSA) is 54.0 Å². The van der Waals surface area contributed by atoms with E-state index in [-0.39, 0.29) is 17.5 Å². The van der Waals surface area contributed by atoms with Gasteiger partial charge in [-0.05, 0) is 45.8 Å². The highest BCUT2D eigenvalue weighted by molar-refractivity contribution is 5.82. The first-order valence-corrected chi connectivity index (χ1v) is 10.3. The summed E-state index contributed by atoms with van der Waals surface area (Å²) in [6.07, 6.45) is 4.16. The first kappa shape index (κ1) is 20.5. The molecule has 3 rings (SSSR count). The van der Waals surface area contributed by atoms with Gasteiger partial charge in [0.2, 0.25) is 0 Å². The number of carbonyl (C=O) groups excluding carboxylic acids is 1. The van der Waals surface area contributed by atoms with Gasteiger partial charge in [0.15, 0.2) is 0 Å². The van der Waals surface area contributed by atoms with Crippen LogP contribution in [0.4, 0.5) is 4.79 Å². The summed E-state index contributed by atoms with van der Waals surface area (Å²) in [4.78, 5) is 17.2. The summed E-state index contributed by atoms with van der Waals surface area (Å²) in [5.74, 6) is 1.70. The summed E-state index contributed by atoms with van der Waals surface area (Å²) in [6, 6.07) is 6.06. The van der Waals surface area contributed by atoms with Gasteiger partial charge in [-0.25, -0.2) is 4.79 Å². The second-order valence-electron chi connectivity index (χ2n) is 7.50. The van der Waals surface area contributed by atoms with Crippen molar-refractivity contribution in [2.24, 2.45) is 0 Å². The molecule has 1 aromatic carbocycles. The van der Waals surface area contributed by atoms with Crippen LogP contribution in [0.25, 0.3) is 0 Å². The Kier molecular flexibility index (Phi) is 6.18. The molecule has 154 valence electrons. The Bertz CT molecular complexity index is 741. The number of carbonyl (C=O) groups is 1. The van der Waals surface area contributed by atoms with Gasteiger partial charge in [0.1, 0.15) is 11.5 Å². The summed E-state index contributed by atoms with van der Waals surface area (Å²) in [6.45, 7) is 9.57. The van der Waals surface area contributed by atoms with Crippen molar-refractivity contribution in [3.05, 3.63) is 35.5 Å². The van der Waals surface area contributed by atoms with E-state index in [4.69, 9.17) is 9.47 Å². The highest BCUT2D eigenvalue weighted by Crippen LogP contribution is 2.44. The predicted molar refractivity (Wildman–Crippen MR) is 111 cm³/mol. The van der Waals surface area contributed by atoms with Crippen molar-refractivity contribution in [1.82, 2.24) is 15.1 Å². The summed E-state index contributed by atoms with van der Waals surface area (Å²) in [5.41, 5.74) is 2.04. The molecule has 1 atom stereocenters. The van der Waals surface area contributed by atoms with Gasteiger partial charge in [0.05, 0.1) is 19.8 Å². The van der Waals surface area contributed by atoms with Crippen LogP contribution in [0.5, 0.6) is 11.5 Å². The summed E-state index contributed by atoms with van der Waals surface area (Å²) in [7, 11) is 3.34. The van der Waals surface area contributed by atoms with Gasteiger partial charge in [-0.3, -0.25) is 4.90 Å². The van der Waals surface area contributed by atoms with Crippen molar-refractivity contribution in [3.8, 4) is 11.5 Å². The first-order chi connectivity index (χ1) is 13.5. The fourth-order valence-electron chi connectivity index (χ4n) is 4.70. The Hall–Kier alpha value is -2.21. The number of likely N-dealkylation sites (N-methyl/N-ethyl adjacent to an activating group) is 2. The third kappa shape index (κ3) is 3.34. The molecule has 0 bridgehead atoms. The van der Waals surface area contributed by atoms with Crippen molar-refractivity contribution < 1.29 is 14.3 Å². The Morgan fingerprint density at radius 1 is 1.18 bits per heavy atom. The molecule has 0 aliphatic carbocycles. The highest BCUT2D eigenvalue weighted by Gasteiger charge is 2.52. The van der Waals surface area contributed by atoms with E-state index in [0.717, 1.165) is 55.2 Å². The SMILES string of the molecule is CCN1C(=O)N(CC)C2(CCNCC2)/C1=C/[C@H](C)c1ccc(OC)cc1OC. The summed E-state index contributed by atoms with van der Waals surface area (Å²) in [5, 5.41) is 3.45. The molecule has 0 unspecified atom stereocenters. The number of piperidine rings is 1. The van der Waals surface area contributed by atoms with Crippen LogP contribution in [-0.2, 0) is 0 Å². The first-order valence-electron chi connectivity index (χ1n) is 10.3. The van der Waals surface area contributed by atoms with Crippen molar-refractivity contribution in [2.45, 2.75) is 45.1 Å². The maximum absolute atomic E-state index is 13.1. The highest BCUT2D eigenvalue weighted by atomic mass is 16.5. The molecule has 2 aliphatic heterocycles. The molecule has 2 heterocycles. The lowest BCUT2D eigenvalue weighted by Crippen LogP contribution is -2.52. The molecule has 2 amide bonds. The number of hydrogen-bond acceptors (Lipinski definition) is 4. The Balaban J connectivity index is 2.05. The van der Waals surface area contributed by atoms with E-state index in [1.54, 1.807) is 14.2 Å². The smallest absolute Gasteiger partial charge is 0.325 e. The number of urea groups is 1. The van der Waals surface area contributed by atoms with Crippen molar-refractivity contribution >= 4 is 6.03 Å². The van der Waals surface area contributed by atoms with Crippen LogP contribution in [0.15, 0.2) is 30.0 Å². The zero-order valence-corrected chi connectivity index (χ0v) is 17.7. The van der Waals surface area contributed by atoms with Crippen molar-refractivity contribution in [3.63, 3.8) is 0 Å². The van der Waals surface area contributed by atoms with Gasteiger partial charge >= 0.3 is 6.03 Å². The van der Waals surface area contributed by atoms with Crippen LogP contribution in [0.1, 0.15) is 45.1 Å². The molecule has 2 fully saturated rings. The lowest BCUT2D eigenvalue weighted by molar-refractivity contribution is 0.141. The quantitative estimate of drug-likeness (QED) is 0.810. The molecule has 0 aromatic heterocycles. The van der Waals surface area contributed by atoms with Crippen LogP contribution in [0.2, 0.25) is 0 Å². The van der Waals surface area contributed by atoms with Gasteiger partial charge in [-0.2, -0.15) is 0 Å². The molecule has 6 nitrogen and oxygen atoms in total. The molecule has 28 heavy (non-hydrogen) atoms. The van der Waals surface area contributed by atoms with Gasteiger partial charge in [0, 0.05) is 36.3 Å². The molecule has 2 aliphatic rings. The molecule has 2 saturated heterocycles. The molecular formula is C22H33N3O3. The van der Waals surface area contributed by atoms with E-state index in [9.17, 15) is 4.79 Å². The Labute approximate surface area is 168 Å². The maximum atomic E-state index is 13.1. The van der Waals surface area contributed by atoms with Gasteiger partial charge in [-0.1, -0.05) is 19.1 Å². The standard InChI is InChI=1S/C22H33N3O3/c1-6-24-20(22(10-12-23-13-11-22)25(7-2)21(24)26)14-16(3)18-9-8-17(27-4)15-19(18)28-5/h8-9,14-16,23H,6-7,10-13H2,1-5H3/b20-14-/t16-/m0/s1. The van der Waals surface area contributed by atoms with Crippen molar-refractivity contribution in [2.75, 3.05) is 40.4 Å². The van der Waals surface area contributed by atoms with E-state index in [1.807, 2.05) is 17.0 Å². The minimum Gasteiger partial charge on any atom is -0.497 e. The molecule has 0 radical (unpaired) electrons. The molecule has 1 spiro atoms. The van der Waals surface area contributed by atoms with Crippen LogP contribution in [-0.4, -0.2) is 61.8 Å². The van der Waals surface area contributed by atoms with E-state index in [0.29, 0.717) is 6.54 Å². The average molecular weight is 388 g/mol. The largest absolute Gasteiger partial charge is 0.497 e. The normalized spacial score (nSPS) is 21.5. The van der Waals surface area contributed by atoms with Gasteiger partial charge < -0.3 is 19.7 Å². The fraction of sp³-hybridized carbons (Fsp3) is 0.591. The van der Waals surface area contributed by atoms with E-state index in [2.05, 4.69) is 43.1 Å². The minimum atomic E-state index is -0.207. The third-order valence-corrected chi connectivity index (χ3v) is 6.15. The van der Waals surface area contributed by atoms with Crippen molar-refractivity contribution in [1.29, 1.82) is 0 Å². The van der Waals surface area contributed by atoms with Crippen LogP contribution in [0, 0.1) is 0 Å².